The topological polar surface area (TPSA) is 17.1 Å². The van der Waals surface area contributed by atoms with Gasteiger partial charge in [-0.2, -0.15) is 0 Å². The van der Waals surface area contributed by atoms with E-state index in [2.05, 4.69) is 13.0 Å². The lowest BCUT2D eigenvalue weighted by atomic mass is 9.90. The fraction of sp³-hybridized carbons (Fsp3) is 0.667. The summed E-state index contributed by atoms with van der Waals surface area (Å²) in [4.78, 5) is 10.8. The largest absolute Gasteiger partial charge is 0.295 e. The van der Waals surface area contributed by atoms with Crippen LogP contribution >= 0.6 is 0 Å². The molecule has 0 aliphatic heterocycles. The second-order valence-electron chi connectivity index (χ2n) is 3.17. The molecule has 1 aliphatic rings. The summed E-state index contributed by atoms with van der Waals surface area (Å²) in [5.74, 6) is 1.04. The number of carbonyl (C=O) groups excluding carboxylic acids is 1. The van der Waals surface area contributed by atoms with Gasteiger partial charge in [0.1, 0.15) is 0 Å². The quantitative estimate of drug-likeness (QED) is 0.543. The van der Waals surface area contributed by atoms with E-state index < -0.39 is 0 Å². The summed E-state index contributed by atoms with van der Waals surface area (Å²) in [6.45, 7) is 3.88. The minimum absolute atomic E-state index is 0.256. The highest BCUT2D eigenvalue weighted by Gasteiger charge is 2.11. The van der Waals surface area contributed by atoms with E-state index in [1.54, 1.807) is 6.92 Å². The molecule has 1 aliphatic carbocycles. The Hall–Kier alpha value is -0.590. The highest BCUT2D eigenvalue weighted by molar-refractivity contribution is 5.93. The van der Waals surface area contributed by atoms with E-state index in [-0.39, 0.29) is 5.78 Å². The maximum atomic E-state index is 10.8. The number of carbonyl (C=O) groups is 1. The smallest absolute Gasteiger partial charge is 0.155 e. The van der Waals surface area contributed by atoms with E-state index in [1.165, 1.54) is 6.42 Å². The molecule has 1 nitrogen and oxygen atoms in total. The Balaban J connectivity index is 2.56. The first kappa shape index (κ1) is 7.52. The lowest BCUT2D eigenvalue weighted by Gasteiger charge is -2.15. The Bertz CT molecular complexity index is 168. The lowest BCUT2D eigenvalue weighted by molar-refractivity contribution is -0.113. The molecule has 1 rings (SSSR count). The Kier molecular flexibility index (Phi) is 2.25. The van der Waals surface area contributed by atoms with Crippen LogP contribution in [-0.2, 0) is 4.79 Å². The fourth-order valence-corrected chi connectivity index (χ4v) is 1.29. The Labute approximate surface area is 62.1 Å². The van der Waals surface area contributed by atoms with E-state index in [0.29, 0.717) is 0 Å². The second kappa shape index (κ2) is 3.00. The number of allylic oxidation sites excluding steroid dienone is 2. The number of hydrogen-bond acceptors (Lipinski definition) is 1. The predicted octanol–water partition coefficient (Wildman–Crippen LogP) is 2.32. The molecule has 0 aromatic rings. The van der Waals surface area contributed by atoms with Crippen molar-refractivity contribution < 1.29 is 4.79 Å². The van der Waals surface area contributed by atoms with Crippen molar-refractivity contribution in [2.24, 2.45) is 5.92 Å². The van der Waals surface area contributed by atoms with Gasteiger partial charge in [0, 0.05) is 0 Å². The van der Waals surface area contributed by atoms with Gasteiger partial charge in [0.25, 0.3) is 0 Å². The molecule has 0 N–H and O–H groups in total. The maximum absolute atomic E-state index is 10.8. The zero-order chi connectivity index (χ0) is 7.56. The van der Waals surface area contributed by atoms with Gasteiger partial charge in [-0.05, 0) is 37.7 Å². The van der Waals surface area contributed by atoms with Crippen molar-refractivity contribution in [2.75, 3.05) is 0 Å². The molecule has 56 valence electrons. The second-order valence-corrected chi connectivity index (χ2v) is 3.17. The lowest BCUT2D eigenvalue weighted by Crippen LogP contribution is -2.06. The zero-order valence-corrected chi connectivity index (χ0v) is 6.68. The molecule has 1 heteroatoms. The monoisotopic (exact) mass is 138 g/mol. The highest BCUT2D eigenvalue weighted by atomic mass is 16.1. The van der Waals surface area contributed by atoms with Gasteiger partial charge in [-0.3, -0.25) is 4.79 Å². The average Bonchev–Trinajstić information content (AvgIpc) is 1.88. The maximum Gasteiger partial charge on any atom is 0.155 e. The Morgan fingerprint density at radius 3 is 2.80 bits per heavy atom. The van der Waals surface area contributed by atoms with Gasteiger partial charge in [0.15, 0.2) is 5.78 Å². The molecular formula is C9H14O. The molecule has 0 saturated carbocycles. The van der Waals surface area contributed by atoms with Crippen LogP contribution in [0.1, 0.15) is 33.1 Å². The third kappa shape index (κ3) is 1.69. The van der Waals surface area contributed by atoms with Crippen LogP contribution in [-0.4, -0.2) is 5.78 Å². The van der Waals surface area contributed by atoms with Crippen LogP contribution in [0.25, 0.3) is 0 Å². The molecule has 0 unspecified atom stereocenters. The highest BCUT2D eigenvalue weighted by Crippen LogP contribution is 2.22. The SMILES string of the molecule is CC(=O)C1=CC[C@H](C)CC1. The molecule has 10 heavy (non-hydrogen) atoms. The third-order valence-corrected chi connectivity index (χ3v) is 2.13. The summed E-state index contributed by atoms with van der Waals surface area (Å²) in [5.41, 5.74) is 1.04. The molecular weight excluding hydrogens is 124 g/mol. The van der Waals surface area contributed by atoms with Gasteiger partial charge in [-0.25, -0.2) is 0 Å². The molecule has 0 heterocycles. The van der Waals surface area contributed by atoms with Crippen LogP contribution in [0, 0.1) is 5.92 Å². The fourth-order valence-electron chi connectivity index (χ4n) is 1.29. The van der Waals surface area contributed by atoms with Crippen molar-refractivity contribution in [3.63, 3.8) is 0 Å². The summed E-state index contributed by atoms with van der Waals surface area (Å²) >= 11 is 0. The van der Waals surface area contributed by atoms with Crippen LogP contribution in [0.15, 0.2) is 11.6 Å². The molecule has 0 amide bonds. The van der Waals surface area contributed by atoms with Crippen molar-refractivity contribution in [3.05, 3.63) is 11.6 Å². The zero-order valence-electron chi connectivity index (χ0n) is 6.68. The van der Waals surface area contributed by atoms with Crippen LogP contribution in [0.3, 0.4) is 0 Å². The number of ketones is 1. The first-order valence-corrected chi connectivity index (χ1v) is 3.90. The van der Waals surface area contributed by atoms with E-state index in [1.807, 2.05) is 0 Å². The van der Waals surface area contributed by atoms with Crippen LogP contribution in [0.2, 0.25) is 0 Å². The average molecular weight is 138 g/mol. The van der Waals surface area contributed by atoms with E-state index >= 15 is 0 Å². The first-order chi connectivity index (χ1) is 4.70. The van der Waals surface area contributed by atoms with Crippen LogP contribution < -0.4 is 0 Å². The van der Waals surface area contributed by atoms with Crippen molar-refractivity contribution in [1.82, 2.24) is 0 Å². The summed E-state index contributed by atoms with van der Waals surface area (Å²) in [5, 5.41) is 0. The van der Waals surface area contributed by atoms with E-state index in [9.17, 15) is 4.79 Å². The molecule has 0 radical (unpaired) electrons. The van der Waals surface area contributed by atoms with Crippen LogP contribution in [0.4, 0.5) is 0 Å². The van der Waals surface area contributed by atoms with Gasteiger partial charge in [-0.15, -0.1) is 0 Å². The summed E-state index contributed by atoms with van der Waals surface area (Å²) in [7, 11) is 0. The minimum Gasteiger partial charge on any atom is -0.295 e. The van der Waals surface area contributed by atoms with Gasteiger partial charge >= 0.3 is 0 Å². The van der Waals surface area contributed by atoms with Gasteiger partial charge in [0.05, 0.1) is 0 Å². The summed E-state index contributed by atoms with van der Waals surface area (Å²) < 4.78 is 0. The van der Waals surface area contributed by atoms with E-state index in [4.69, 9.17) is 0 Å². The molecule has 0 aromatic heterocycles. The normalized spacial score (nSPS) is 25.8. The third-order valence-electron chi connectivity index (χ3n) is 2.13. The van der Waals surface area contributed by atoms with Gasteiger partial charge in [-0.1, -0.05) is 13.0 Å². The standard InChI is InChI=1S/C9H14O/c1-7-3-5-9(6-4-7)8(2)10/h5,7H,3-4,6H2,1-2H3/t7-/m0/s1. The molecule has 0 aromatic carbocycles. The molecule has 0 spiro atoms. The molecule has 0 saturated heterocycles. The van der Waals surface area contributed by atoms with Crippen molar-refractivity contribution in [3.8, 4) is 0 Å². The number of hydrogen-bond donors (Lipinski definition) is 0. The molecule has 0 bridgehead atoms. The van der Waals surface area contributed by atoms with Crippen LogP contribution in [0.5, 0.6) is 0 Å². The van der Waals surface area contributed by atoms with Gasteiger partial charge in [0.2, 0.25) is 0 Å². The van der Waals surface area contributed by atoms with Crippen molar-refractivity contribution >= 4 is 5.78 Å². The van der Waals surface area contributed by atoms with Gasteiger partial charge < -0.3 is 0 Å². The van der Waals surface area contributed by atoms with E-state index in [0.717, 1.165) is 24.3 Å². The first-order valence-electron chi connectivity index (χ1n) is 3.90. The van der Waals surface area contributed by atoms with Crippen molar-refractivity contribution in [1.29, 1.82) is 0 Å². The molecule has 1 atom stereocenters. The minimum atomic E-state index is 0.256. The van der Waals surface area contributed by atoms with Crippen molar-refractivity contribution in [2.45, 2.75) is 33.1 Å². The number of rotatable bonds is 1. The number of Topliss-reactive ketones (excluding diaryl/α,β-unsaturated/α-hetero) is 1. The molecule has 0 fully saturated rings. The summed E-state index contributed by atoms with van der Waals surface area (Å²) in [6, 6.07) is 0. The summed E-state index contributed by atoms with van der Waals surface area (Å²) in [6.07, 6.45) is 5.37. The Morgan fingerprint density at radius 1 is 1.70 bits per heavy atom. The Morgan fingerprint density at radius 2 is 2.40 bits per heavy atom. The predicted molar refractivity (Wildman–Crippen MR) is 41.8 cm³/mol.